The Morgan fingerprint density at radius 1 is 1.24 bits per heavy atom. The molecule has 0 aliphatic heterocycles. The molecule has 3 fully saturated rings. The van der Waals surface area contributed by atoms with Gasteiger partial charge < -0.3 is 14.9 Å². The number of carboxylic acid groups (broad SMARTS) is 1. The predicted octanol–water partition coefficient (Wildman–Crippen LogP) is 5.75. The fraction of sp³-hybridized carbons (Fsp3) is 0.640. The van der Waals surface area contributed by atoms with Crippen LogP contribution in [0, 0.1) is 34.0 Å². The highest BCUT2D eigenvalue weighted by Gasteiger charge is 2.66. The van der Waals surface area contributed by atoms with Crippen LogP contribution in [0.1, 0.15) is 65.4 Å². The number of ether oxygens (including phenoxy) is 1. The van der Waals surface area contributed by atoms with Crippen LogP contribution in [0.2, 0.25) is 0 Å². The Balaban J connectivity index is 1.65. The van der Waals surface area contributed by atoms with Gasteiger partial charge in [0.2, 0.25) is 0 Å². The Bertz CT molecular complexity index is 866. The third-order valence-corrected chi connectivity index (χ3v) is 9.05. The molecule has 4 atom stereocenters. The molecule has 0 saturated heterocycles. The summed E-state index contributed by atoms with van der Waals surface area (Å²) >= 11 is 0. The summed E-state index contributed by atoms with van der Waals surface area (Å²) in [7, 11) is 1.50. The molecule has 4 nitrogen and oxygen atoms in total. The number of phenolic OH excluding ortho intramolecular Hbond substituents is 1. The molecule has 1 aromatic rings. The summed E-state index contributed by atoms with van der Waals surface area (Å²) in [6.07, 6.45) is 7.46. The molecule has 4 unspecified atom stereocenters. The number of carboxylic acids is 1. The zero-order valence-electron chi connectivity index (χ0n) is 18.3. The van der Waals surface area contributed by atoms with Crippen LogP contribution in [0.25, 0.3) is 6.08 Å². The number of hydrogen-bond donors (Lipinski definition) is 2. The lowest BCUT2D eigenvalue weighted by atomic mass is 9.65. The minimum atomic E-state index is -0.824. The molecule has 0 amide bonds. The molecule has 2 N–H and O–H groups in total. The van der Waals surface area contributed by atoms with Crippen molar-refractivity contribution < 1.29 is 19.7 Å². The van der Waals surface area contributed by atoms with Gasteiger partial charge in [0.05, 0.1) is 7.11 Å². The minimum absolute atomic E-state index is 0.0644. The van der Waals surface area contributed by atoms with Crippen LogP contribution in [-0.2, 0) is 4.79 Å². The van der Waals surface area contributed by atoms with Crippen molar-refractivity contribution in [3.63, 3.8) is 0 Å². The van der Waals surface area contributed by atoms with Crippen LogP contribution in [0.5, 0.6) is 11.5 Å². The highest BCUT2D eigenvalue weighted by Crippen LogP contribution is 2.74. The van der Waals surface area contributed by atoms with E-state index in [2.05, 4.69) is 27.7 Å². The molecule has 4 rings (SSSR count). The van der Waals surface area contributed by atoms with Gasteiger partial charge in [-0.1, -0.05) is 33.8 Å². The van der Waals surface area contributed by atoms with E-state index in [-0.39, 0.29) is 17.1 Å². The number of aromatic hydroxyl groups is 1. The van der Waals surface area contributed by atoms with Crippen molar-refractivity contribution in [3.8, 4) is 11.5 Å². The van der Waals surface area contributed by atoms with E-state index in [9.17, 15) is 15.0 Å². The fourth-order valence-corrected chi connectivity index (χ4v) is 7.19. The topological polar surface area (TPSA) is 66.8 Å². The number of hydrogen-bond acceptors (Lipinski definition) is 3. The van der Waals surface area contributed by atoms with E-state index >= 15 is 0 Å². The second-order valence-electron chi connectivity index (χ2n) is 10.9. The highest BCUT2D eigenvalue weighted by atomic mass is 16.5. The van der Waals surface area contributed by atoms with Crippen LogP contribution in [0.15, 0.2) is 23.8 Å². The molecule has 158 valence electrons. The summed E-state index contributed by atoms with van der Waals surface area (Å²) < 4.78 is 5.19. The van der Waals surface area contributed by atoms with Gasteiger partial charge in [-0.05, 0) is 89.9 Å². The van der Waals surface area contributed by atoms with Crippen molar-refractivity contribution in [1.29, 1.82) is 0 Å². The van der Waals surface area contributed by atoms with E-state index in [0.29, 0.717) is 34.0 Å². The number of aliphatic carboxylic acids is 1. The molecule has 29 heavy (non-hydrogen) atoms. The van der Waals surface area contributed by atoms with Gasteiger partial charge in [-0.2, -0.15) is 0 Å². The van der Waals surface area contributed by atoms with E-state index < -0.39 is 5.97 Å². The van der Waals surface area contributed by atoms with Crippen LogP contribution < -0.4 is 4.74 Å². The van der Waals surface area contributed by atoms with Gasteiger partial charge in [0, 0.05) is 5.57 Å². The number of carbonyl (C=O) groups is 1. The van der Waals surface area contributed by atoms with Gasteiger partial charge in [0.25, 0.3) is 0 Å². The summed E-state index contributed by atoms with van der Waals surface area (Å²) in [5.74, 6) is 0.839. The summed E-state index contributed by atoms with van der Waals surface area (Å²) in [6, 6.07) is 5.02. The maximum Gasteiger partial charge on any atom is 0.331 e. The van der Waals surface area contributed by atoms with Crippen molar-refractivity contribution in [2.75, 3.05) is 7.11 Å². The maximum absolute atomic E-state index is 12.2. The lowest BCUT2D eigenvalue weighted by molar-refractivity contribution is -0.133. The third-order valence-electron chi connectivity index (χ3n) is 9.05. The fourth-order valence-electron chi connectivity index (χ4n) is 7.19. The molecule has 1 aromatic carbocycles. The van der Waals surface area contributed by atoms with E-state index in [4.69, 9.17) is 4.74 Å². The molecule has 3 saturated carbocycles. The lowest BCUT2D eigenvalue weighted by Crippen LogP contribution is -2.32. The zero-order valence-corrected chi connectivity index (χ0v) is 18.3. The van der Waals surface area contributed by atoms with Crippen molar-refractivity contribution in [3.05, 3.63) is 29.3 Å². The van der Waals surface area contributed by atoms with Crippen molar-refractivity contribution in [2.24, 2.45) is 34.0 Å². The van der Waals surface area contributed by atoms with E-state index in [1.54, 1.807) is 24.3 Å². The smallest absolute Gasteiger partial charge is 0.331 e. The first-order chi connectivity index (χ1) is 13.5. The summed E-state index contributed by atoms with van der Waals surface area (Å²) in [5, 5.41) is 19.9. The van der Waals surface area contributed by atoms with Gasteiger partial charge in [-0.3, -0.25) is 0 Å². The van der Waals surface area contributed by atoms with E-state index in [1.165, 1.54) is 20.0 Å². The summed E-state index contributed by atoms with van der Waals surface area (Å²) in [4.78, 5) is 12.2. The third kappa shape index (κ3) is 2.98. The largest absolute Gasteiger partial charge is 0.504 e. The Hall–Kier alpha value is -1.97. The molecule has 3 aliphatic carbocycles. The van der Waals surface area contributed by atoms with E-state index in [1.807, 2.05) is 0 Å². The number of rotatable bonds is 4. The Labute approximate surface area is 174 Å². The Morgan fingerprint density at radius 3 is 2.62 bits per heavy atom. The first-order valence-electron chi connectivity index (χ1n) is 10.8. The van der Waals surface area contributed by atoms with E-state index in [0.717, 1.165) is 24.8 Å². The molecule has 0 heterocycles. The first-order valence-corrected chi connectivity index (χ1v) is 10.8. The molecular weight excluding hydrogens is 364 g/mol. The molecule has 0 radical (unpaired) electrons. The molecule has 4 heteroatoms. The SMILES string of the molecule is COc1cc(C=C(C(=O)O)C2CCC34CC2CC3C(C)(C)C(C)(C)C4)ccc1O. The molecule has 1 spiro atoms. The molecular formula is C25H34O4. The van der Waals surface area contributed by atoms with Gasteiger partial charge in [0.15, 0.2) is 11.5 Å². The quantitative estimate of drug-likeness (QED) is 0.634. The first kappa shape index (κ1) is 20.3. The highest BCUT2D eigenvalue weighted by molar-refractivity contribution is 5.93. The molecule has 3 aliphatic rings. The second kappa shape index (κ2) is 6.52. The van der Waals surface area contributed by atoms with Crippen molar-refractivity contribution >= 4 is 12.0 Å². The standard InChI is InChI=1S/C25H34O4/c1-23(2)14-25-9-8-17(16(13-25)12-21(25)24(23,3)4)18(22(27)28)10-15-6-7-19(26)20(11-15)29-5/h6-7,10-11,16-17,21,26H,8-9,12-14H2,1-5H3,(H,27,28). The number of fused-ring (bicyclic) bond motifs is 1. The average molecular weight is 399 g/mol. The zero-order chi connectivity index (χ0) is 21.2. The second-order valence-corrected chi connectivity index (χ2v) is 10.9. The normalized spacial score (nSPS) is 34.7. The molecule has 0 aromatic heterocycles. The maximum atomic E-state index is 12.2. The summed E-state index contributed by atoms with van der Waals surface area (Å²) in [5.41, 5.74) is 2.29. The van der Waals surface area contributed by atoms with Gasteiger partial charge in [-0.15, -0.1) is 0 Å². The van der Waals surface area contributed by atoms with Gasteiger partial charge in [0.1, 0.15) is 0 Å². The van der Waals surface area contributed by atoms with Gasteiger partial charge in [-0.25, -0.2) is 4.79 Å². The van der Waals surface area contributed by atoms with Crippen molar-refractivity contribution in [1.82, 2.24) is 0 Å². The van der Waals surface area contributed by atoms with Crippen LogP contribution in [-0.4, -0.2) is 23.3 Å². The monoisotopic (exact) mass is 398 g/mol. The van der Waals surface area contributed by atoms with Crippen molar-refractivity contribution in [2.45, 2.75) is 59.8 Å². The number of methoxy groups -OCH3 is 1. The summed E-state index contributed by atoms with van der Waals surface area (Å²) in [6.45, 7) is 9.70. The minimum Gasteiger partial charge on any atom is -0.504 e. The Morgan fingerprint density at radius 2 is 1.97 bits per heavy atom. The lowest BCUT2D eigenvalue weighted by Gasteiger charge is -2.39. The number of phenols is 1. The van der Waals surface area contributed by atoms with Crippen LogP contribution in [0.3, 0.4) is 0 Å². The van der Waals surface area contributed by atoms with Gasteiger partial charge >= 0.3 is 5.97 Å². The van der Waals surface area contributed by atoms with Crippen LogP contribution in [0.4, 0.5) is 0 Å². The van der Waals surface area contributed by atoms with Crippen LogP contribution >= 0.6 is 0 Å². The average Bonchev–Trinajstić information content (AvgIpc) is 3.00. The predicted molar refractivity (Wildman–Crippen MR) is 114 cm³/mol. The Kier molecular flexibility index (Phi) is 4.56. The number of benzene rings is 1. The molecule has 2 bridgehead atoms.